The number of nitro benzene ring substituents is 1. The second kappa shape index (κ2) is 6.52. The smallest absolute Gasteiger partial charge is 0.258 e. The van der Waals surface area contributed by atoms with Crippen LogP contribution in [0, 0.1) is 24.0 Å². The summed E-state index contributed by atoms with van der Waals surface area (Å²) in [4.78, 5) is 22.7. The predicted octanol–water partition coefficient (Wildman–Crippen LogP) is 2.44. The molecule has 0 spiro atoms. The Bertz CT molecular complexity index is 998. The molecule has 8 nitrogen and oxygen atoms in total. The Balaban J connectivity index is 1.91. The standard InChI is InChI=1S/C17H15N5O3/c1-12-3-7-15(8-4-12)21-17(23)20(13(2)19-21)18-11-14-5-9-16(10-6-14)22(24)25/h3-11H,1-2H3/b18-11+. The van der Waals surface area contributed by atoms with E-state index in [1.54, 1.807) is 19.1 Å². The Morgan fingerprint density at radius 2 is 1.72 bits per heavy atom. The highest BCUT2D eigenvalue weighted by Gasteiger charge is 2.10. The summed E-state index contributed by atoms with van der Waals surface area (Å²) in [6.45, 7) is 3.64. The van der Waals surface area contributed by atoms with E-state index in [2.05, 4.69) is 10.2 Å². The number of nitrogens with zero attached hydrogens (tertiary/aromatic N) is 5. The van der Waals surface area contributed by atoms with Crippen LogP contribution in [0.5, 0.6) is 0 Å². The second-order valence-electron chi connectivity index (χ2n) is 5.48. The molecule has 2 aromatic carbocycles. The lowest BCUT2D eigenvalue weighted by Gasteiger charge is -1.99. The van der Waals surface area contributed by atoms with E-state index in [-0.39, 0.29) is 11.4 Å². The zero-order valence-corrected chi connectivity index (χ0v) is 13.7. The normalized spacial score (nSPS) is 11.1. The Morgan fingerprint density at radius 3 is 2.32 bits per heavy atom. The zero-order valence-electron chi connectivity index (χ0n) is 13.7. The van der Waals surface area contributed by atoms with Crippen LogP contribution in [0.1, 0.15) is 17.0 Å². The Labute approximate surface area is 142 Å². The van der Waals surface area contributed by atoms with Gasteiger partial charge in [0.15, 0.2) is 5.82 Å². The molecule has 1 heterocycles. The van der Waals surface area contributed by atoms with Gasteiger partial charge in [-0.3, -0.25) is 10.1 Å². The largest absolute Gasteiger partial charge is 0.371 e. The van der Waals surface area contributed by atoms with Gasteiger partial charge in [0.05, 0.1) is 16.8 Å². The van der Waals surface area contributed by atoms with Gasteiger partial charge in [-0.1, -0.05) is 17.7 Å². The number of aromatic nitrogens is 3. The molecule has 1 aromatic heterocycles. The highest BCUT2D eigenvalue weighted by Crippen LogP contribution is 2.11. The molecule has 8 heteroatoms. The first kappa shape index (κ1) is 16.3. The molecular formula is C17H15N5O3. The third kappa shape index (κ3) is 3.37. The number of nitro groups is 1. The van der Waals surface area contributed by atoms with Gasteiger partial charge in [0.25, 0.3) is 5.69 Å². The molecule has 0 aliphatic carbocycles. The molecule has 0 aliphatic rings. The molecule has 3 aromatic rings. The van der Waals surface area contributed by atoms with Gasteiger partial charge in [0, 0.05) is 12.1 Å². The van der Waals surface area contributed by atoms with Crippen LogP contribution in [0.4, 0.5) is 5.69 Å². The van der Waals surface area contributed by atoms with Crippen LogP contribution in [-0.4, -0.2) is 25.6 Å². The third-order valence-corrected chi connectivity index (χ3v) is 3.62. The van der Waals surface area contributed by atoms with Crippen LogP contribution in [0.2, 0.25) is 0 Å². The van der Waals surface area contributed by atoms with E-state index in [1.165, 1.54) is 27.7 Å². The molecule has 0 amide bonds. The summed E-state index contributed by atoms with van der Waals surface area (Å²) in [5, 5.41) is 19.0. The first-order valence-corrected chi connectivity index (χ1v) is 7.50. The topological polar surface area (TPSA) is 95.3 Å². The summed E-state index contributed by atoms with van der Waals surface area (Å²) in [6.07, 6.45) is 1.46. The summed E-state index contributed by atoms with van der Waals surface area (Å²) in [6, 6.07) is 13.3. The highest BCUT2D eigenvalue weighted by atomic mass is 16.6. The maximum atomic E-state index is 12.5. The van der Waals surface area contributed by atoms with E-state index in [0.29, 0.717) is 17.1 Å². The Morgan fingerprint density at radius 1 is 1.08 bits per heavy atom. The lowest BCUT2D eigenvalue weighted by atomic mass is 10.2. The van der Waals surface area contributed by atoms with Crippen LogP contribution in [0.25, 0.3) is 5.69 Å². The van der Waals surface area contributed by atoms with Gasteiger partial charge in [0.2, 0.25) is 0 Å². The number of benzene rings is 2. The van der Waals surface area contributed by atoms with Gasteiger partial charge in [-0.15, -0.1) is 5.10 Å². The van der Waals surface area contributed by atoms with E-state index >= 15 is 0 Å². The molecule has 0 unspecified atom stereocenters. The molecule has 0 saturated carbocycles. The van der Waals surface area contributed by atoms with Crippen LogP contribution in [0.15, 0.2) is 58.4 Å². The maximum absolute atomic E-state index is 12.5. The average Bonchev–Trinajstić information content (AvgIpc) is 2.88. The maximum Gasteiger partial charge on any atom is 0.371 e. The van der Waals surface area contributed by atoms with E-state index in [0.717, 1.165) is 5.56 Å². The minimum atomic E-state index is -0.471. The van der Waals surface area contributed by atoms with Gasteiger partial charge in [-0.2, -0.15) is 14.5 Å². The summed E-state index contributed by atoms with van der Waals surface area (Å²) in [5.74, 6) is 0.434. The number of aryl methyl sites for hydroxylation is 2. The fourth-order valence-corrected chi connectivity index (χ4v) is 2.25. The molecule has 0 N–H and O–H groups in total. The molecule has 0 bridgehead atoms. The highest BCUT2D eigenvalue weighted by molar-refractivity contribution is 5.79. The van der Waals surface area contributed by atoms with Crippen molar-refractivity contribution in [3.05, 3.63) is 86.1 Å². The summed E-state index contributed by atoms with van der Waals surface area (Å²) in [7, 11) is 0. The molecule has 0 aliphatic heterocycles. The van der Waals surface area contributed by atoms with E-state index in [1.807, 2.05) is 31.2 Å². The van der Waals surface area contributed by atoms with E-state index < -0.39 is 4.92 Å². The average molecular weight is 337 g/mol. The van der Waals surface area contributed by atoms with Crippen molar-refractivity contribution in [1.29, 1.82) is 0 Å². The number of rotatable bonds is 4. The molecule has 0 saturated heterocycles. The van der Waals surface area contributed by atoms with Gasteiger partial charge in [0.1, 0.15) is 0 Å². The van der Waals surface area contributed by atoms with Gasteiger partial charge in [-0.25, -0.2) is 4.79 Å². The summed E-state index contributed by atoms with van der Waals surface area (Å²) in [5.41, 5.74) is 1.99. The Hall–Kier alpha value is -3.55. The van der Waals surface area contributed by atoms with Crippen LogP contribution < -0.4 is 5.69 Å². The summed E-state index contributed by atoms with van der Waals surface area (Å²) < 4.78 is 2.46. The van der Waals surface area contributed by atoms with Crippen molar-refractivity contribution in [2.24, 2.45) is 5.10 Å². The molecule has 25 heavy (non-hydrogen) atoms. The third-order valence-electron chi connectivity index (χ3n) is 3.62. The van der Waals surface area contributed by atoms with Crippen molar-refractivity contribution in [3.63, 3.8) is 0 Å². The van der Waals surface area contributed by atoms with Crippen molar-refractivity contribution in [1.82, 2.24) is 14.5 Å². The molecular weight excluding hydrogens is 322 g/mol. The van der Waals surface area contributed by atoms with E-state index in [9.17, 15) is 14.9 Å². The van der Waals surface area contributed by atoms with Crippen LogP contribution in [0.3, 0.4) is 0 Å². The monoisotopic (exact) mass is 337 g/mol. The predicted molar refractivity (Wildman–Crippen MR) is 93.4 cm³/mol. The Kier molecular flexibility index (Phi) is 4.25. The molecule has 0 fully saturated rings. The summed E-state index contributed by atoms with van der Waals surface area (Å²) >= 11 is 0. The lowest BCUT2D eigenvalue weighted by molar-refractivity contribution is -0.384. The van der Waals surface area contributed by atoms with Crippen molar-refractivity contribution in [3.8, 4) is 5.69 Å². The van der Waals surface area contributed by atoms with Crippen LogP contribution in [-0.2, 0) is 0 Å². The first-order valence-electron chi connectivity index (χ1n) is 7.50. The van der Waals surface area contributed by atoms with Gasteiger partial charge in [-0.05, 0) is 43.7 Å². The SMILES string of the molecule is Cc1ccc(-n2nc(C)n(/N=C/c3ccc([N+](=O)[O-])cc3)c2=O)cc1. The van der Waals surface area contributed by atoms with Crippen molar-refractivity contribution in [2.45, 2.75) is 13.8 Å². The fraction of sp³-hybridized carbons (Fsp3) is 0.118. The number of non-ortho nitro benzene ring substituents is 1. The van der Waals surface area contributed by atoms with Crippen molar-refractivity contribution < 1.29 is 4.92 Å². The fourth-order valence-electron chi connectivity index (χ4n) is 2.25. The molecule has 0 radical (unpaired) electrons. The number of hydrogen-bond acceptors (Lipinski definition) is 5. The molecule has 0 atom stereocenters. The lowest BCUT2D eigenvalue weighted by Crippen LogP contribution is -2.21. The van der Waals surface area contributed by atoms with E-state index in [4.69, 9.17) is 0 Å². The van der Waals surface area contributed by atoms with Crippen molar-refractivity contribution >= 4 is 11.9 Å². The number of hydrogen-bond donors (Lipinski definition) is 0. The minimum absolute atomic E-state index is 0.00214. The second-order valence-corrected chi connectivity index (χ2v) is 5.48. The van der Waals surface area contributed by atoms with Gasteiger partial charge >= 0.3 is 5.69 Å². The molecule has 126 valence electrons. The van der Waals surface area contributed by atoms with Crippen LogP contribution >= 0.6 is 0 Å². The first-order chi connectivity index (χ1) is 12.0. The van der Waals surface area contributed by atoms with Crippen molar-refractivity contribution in [2.75, 3.05) is 0 Å². The van der Waals surface area contributed by atoms with Gasteiger partial charge < -0.3 is 0 Å². The zero-order chi connectivity index (χ0) is 18.0. The minimum Gasteiger partial charge on any atom is -0.258 e. The quantitative estimate of drug-likeness (QED) is 0.415. The molecule has 3 rings (SSSR count).